The molecule has 0 fully saturated rings. The maximum atomic E-state index is 11.3. The summed E-state index contributed by atoms with van der Waals surface area (Å²) in [5.74, 6) is -0.625. The molecular formula is C10H8ClNO3. The number of nitrogens with two attached hydrogens (primary N) is 1. The fourth-order valence-electron chi connectivity index (χ4n) is 1.35. The first-order valence-electron chi connectivity index (χ1n) is 4.20. The van der Waals surface area contributed by atoms with Crippen LogP contribution in [0, 0.1) is 0 Å². The molecule has 0 bridgehead atoms. The molecule has 2 N–H and O–H groups in total. The molecule has 2 rings (SSSR count). The van der Waals surface area contributed by atoms with Crippen LogP contribution in [0.3, 0.4) is 0 Å². The minimum atomic E-state index is -0.611. The zero-order valence-electron chi connectivity index (χ0n) is 7.91. The summed E-state index contributed by atoms with van der Waals surface area (Å²) in [6.07, 6.45) is 0. The first-order chi connectivity index (χ1) is 7.15. The van der Waals surface area contributed by atoms with Gasteiger partial charge in [-0.15, -0.1) is 0 Å². The van der Waals surface area contributed by atoms with E-state index in [0.29, 0.717) is 16.0 Å². The van der Waals surface area contributed by atoms with Gasteiger partial charge < -0.3 is 14.9 Å². The number of para-hydroxylation sites is 1. The Hall–Kier alpha value is -1.68. The fraction of sp³-hybridized carbons (Fsp3) is 0.100. The predicted octanol–water partition coefficient (Wildman–Crippen LogP) is 2.45. The number of furan rings is 1. The first kappa shape index (κ1) is 9.86. The fourth-order valence-corrected chi connectivity index (χ4v) is 1.56. The van der Waals surface area contributed by atoms with Gasteiger partial charge in [-0.1, -0.05) is 17.7 Å². The van der Waals surface area contributed by atoms with Crippen molar-refractivity contribution >= 4 is 34.2 Å². The molecule has 2 aromatic rings. The lowest BCUT2D eigenvalue weighted by Crippen LogP contribution is -2.02. The zero-order valence-corrected chi connectivity index (χ0v) is 8.67. The average Bonchev–Trinajstić information content (AvgIpc) is 2.57. The van der Waals surface area contributed by atoms with Crippen molar-refractivity contribution in [1.82, 2.24) is 0 Å². The summed E-state index contributed by atoms with van der Waals surface area (Å²) in [6.45, 7) is 0. The van der Waals surface area contributed by atoms with E-state index >= 15 is 0 Å². The molecule has 0 atom stereocenters. The Morgan fingerprint density at radius 1 is 1.53 bits per heavy atom. The Bertz CT molecular complexity index is 533. The van der Waals surface area contributed by atoms with Gasteiger partial charge in [0.05, 0.1) is 17.8 Å². The van der Waals surface area contributed by atoms with Gasteiger partial charge in [-0.2, -0.15) is 0 Å². The predicted molar refractivity (Wildman–Crippen MR) is 57.0 cm³/mol. The Kier molecular flexibility index (Phi) is 2.28. The van der Waals surface area contributed by atoms with Gasteiger partial charge in [-0.05, 0) is 12.1 Å². The normalized spacial score (nSPS) is 10.5. The number of ether oxygens (including phenoxy) is 1. The minimum absolute atomic E-state index is 0.0133. The highest BCUT2D eigenvalue weighted by Crippen LogP contribution is 2.33. The minimum Gasteiger partial charge on any atom is -0.463 e. The summed E-state index contributed by atoms with van der Waals surface area (Å²) in [4.78, 5) is 11.3. The summed E-state index contributed by atoms with van der Waals surface area (Å²) in [5, 5.41) is 1.03. The molecule has 1 aromatic carbocycles. The summed E-state index contributed by atoms with van der Waals surface area (Å²) < 4.78 is 9.78. The van der Waals surface area contributed by atoms with E-state index in [1.54, 1.807) is 18.2 Å². The lowest BCUT2D eigenvalue weighted by Gasteiger charge is -1.93. The van der Waals surface area contributed by atoms with Crippen molar-refractivity contribution in [1.29, 1.82) is 0 Å². The third-order valence-corrected chi connectivity index (χ3v) is 2.37. The van der Waals surface area contributed by atoms with Crippen LogP contribution in [-0.2, 0) is 4.74 Å². The van der Waals surface area contributed by atoms with Gasteiger partial charge >= 0.3 is 5.97 Å². The van der Waals surface area contributed by atoms with Crippen LogP contribution in [0.25, 0.3) is 11.0 Å². The maximum absolute atomic E-state index is 11.3. The molecule has 0 radical (unpaired) electrons. The molecule has 1 heterocycles. The van der Waals surface area contributed by atoms with Crippen molar-refractivity contribution in [2.24, 2.45) is 0 Å². The van der Waals surface area contributed by atoms with Crippen LogP contribution in [0.1, 0.15) is 10.6 Å². The third kappa shape index (κ3) is 1.43. The van der Waals surface area contributed by atoms with E-state index < -0.39 is 5.97 Å². The lowest BCUT2D eigenvalue weighted by atomic mass is 10.2. The second-order valence-electron chi connectivity index (χ2n) is 2.95. The van der Waals surface area contributed by atoms with Gasteiger partial charge in [0.15, 0.2) is 5.58 Å². The van der Waals surface area contributed by atoms with Gasteiger partial charge in [0.2, 0.25) is 5.76 Å². The number of anilines is 1. The van der Waals surface area contributed by atoms with E-state index in [0.717, 1.165) is 0 Å². The second kappa shape index (κ2) is 3.47. The monoisotopic (exact) mass is 225 g/mol. The van der Waals surface area contributed by atoms with E-state index in [2.05, 4.69) is 4.74 Å². The molecule has 0 aliphatic heterocycles. The molecule has 15 heavy (non-hydrogen) atoms. The third-order valence-electron chi connectivity index (χ3n) is 2.08. The zero-order chi connectivity index (χ0) is 11.0. The number of nitrogen functional groups attached to an aromatic ring is 1. The van der Waals surface area contributed by atoms with E-state index in [1.165, 1.54) is 7.11 Å². The van der Waals surface area contributed by atoms with Crippen LogP contribution >= 0.6 is 11.6 Å². The van der Waals surface area contributed by atoms with Gasteiger partial charge in [0, 0.05) is 5.39 Å². The smallest absolute Gasteiger partial charge is 0.376 e. The van der Waals surface area contributed by atoms with Crippen LogP contribution in [0.15, 0.2) is 22.6 Å². The number of halogens is 1. The summed E-state index contributed by atoms with van der Waals surface area (Å²) in [5.41, 5.74) is 6.38. The molecule has 0 saturated heterocycles. The molecule has 0 amide bonds. The van der Waals surface area contributed by atoms with E-state index in [4.69, 9.17) is 21.8 Å². The number of fused-ring (bicyclic) bond motifs is 1. The molecule has 1 aromatic heterocycles. The van der Waals surface area contributed by atoms with Gasteiger partial charge in [0.25, 0.3) is 0 Å². The Morgan fingerprint density at radius 2 is 2.27 bits per heavy atom. The van der Waals surface area contributed by atoms with Crippen LogP contribution in [0.4, 0.5) is 5.69 Å². The van der Waals surface area contributed by atoms with E-state index in [1.807, 2.05) is 0 Å². The quantitative estimate of drug-likeness (QED) is 0.757. The van der Waals surface area contributed by atoms with Crippen LogP contribution in [0.2, 0.25) is 5.02 Å². The molecule has 0 spiro atoms. The molecule has 4 nitrogen and oxygen atoms in total. The van der Waals surface area contributed by atoms with Crippen molar-refractivity contribution in [2.45, 2.75) is 0 Å². The number of esters is 1. The average molecular weight is 226 g/mol. The number of carbonyl (C=O) groups is 1. The molecule has 0 aliphatic rings. The molecule has 0 unspecified atom stereocenters. The first-order valence-corrected chi connectivity index (χ1v) is 4.57. The molecular weight excluding hydrogens is 218 g/mol. The second-order valence-corrected chi connectivity index (χ2v) is 3.36. The number of methoxy groups -OCH3 is 1. The molecule has 78 valence electrons. The summed E-state index contributed by atoms with van der Waals surface area (Å²) in [6, 6.07) is 5.12. The number of carbonyl (C=O) groups excluding carboxylic acids is 1. The number of hydrogen-bond donors (Lipinski definition) is 1. The lowest BCUT2D eigenvalue weighted by molar-refractivity contribution is 0.0569. The summed E-state index contributed by atoms with van der Waals surface area (Å²) in [7, 11) is 1.26. The largest absolute Gasteiger partial charge is 0.463 e. The van der Waals surface area contributed by atoms with E-state index in [-0.39, 0.29) is 11.4 Å². The maximum Gasteiger partial charge on any atom is 0.376 e. The standard InChI is InChI=1S/C10H8ClNO3/c1-14-10(13)9-7(12)5-3-2-4-6(11)8(5)15-9/h2-4H,12H2,1H3. The highest BCUT2D eigenvalue weighted by Gasteiger charge is 2.19. The van der Waals surface area contributed by atoms with Gasteiger partial charge in [-0.3, -0.25) is 0 Å². The van der Waals surface area contributed by atoms with Crippen LogP contribution in [0.5, 0.6) is 0 Å². The van der Waals surface area contributed by atoms with E-state index in [9.17, 15) is 4.79 Å². The number of hydrogen-bond acceptors (Lipinski definition) is 4. The SMILES string of the molecule is COC(=O)c1oc2c(Cl)cccc2c1N. The Balaban J connectivity index is 2.75. The Morgan fingerprint density at radius 3 is 2.87 bits per heavy atom. The highest BCUT2D eigenvalue weighted by molar-refractivity contribution is 6.35. The van der Waals surface area contributed by atoms with Crippen molar-refractivity contribution in [3.8, 4) is 0 Å². The van der Waals surface area contributed by atoms with Crippen molar-refractivity contribution in [2.75, 3.05) is 12.8 Å². The highest BCUT2D eigenvalue weighted by atomic mass is 35.5. The number of rotatable bonds is 1. The van der Waals surface area contributed by atoms with Crippen molar-refractivity contribution in [3.05, 3.63) is 29.0 Å². The summed E-state index contributed by atoms with van der Waals surface area (Å²) >= 11 is 5.89. The van der Waals surface area contributed by atoms with Crippen LogP contribution < -0.4 is 5.73 Å². The molecule has 0 aliphatic carbocycles. The van der Waals surface area contributed by atoms with Gasteiger partial charge in [0.1, 0.15) is 0 Å². The Labute approximate surface area is 90.6 Å². The molecule has 0 saturated carbocycles. The topological polar surface area (TPSA) is 65.5 Å². The van der Waals surface area contributed by atoms with Crippen molar-refractivity contribution < 1.29 is 13.9 Å². The van der Waals surface area contributed by atoms with Crippen molar-refractivity contribution in [3.63, 3.8) is 0 Å². The molecule has 5 heteroatoms. The van der Waals surface area contributed by atoms with Gasteiger partial charge in [-0.25, -0.2) is 4.79 Å². The van der Waals surface area contributed by atoms with Crippen LogP contribution in [-0.4, -0.2) is 13.1 Å². The number of benzene rings is 1.